The Bertz CT molecular complexity index is 116. The lowest BCUT2D eigenvalue weighted by molar-refractivity contribution is 0.223. The van der Waals surface area contributed by atoms with E-state index < -0.39 is 12.2 Å². The Labute approximate surface area is 104 Å². The van der Waals surface area contributed by atoms with E-state index in [9.17, 15) is 0 Å². The van der Waals surface area contributed by atoms with Crippen LogP contribution in [0.1, 0.15) is 0 Å². The van der Waals surface area contributed by atoms with Crippen LogP contribution in [-0.2, 0) is 0 Å². The summed E-state index contributed by atoms with van der Waals surface area (Å²) in [6.45, 7) is 0. The van der Waals surface area contributed by atoms with Gasteiger partial charge in [0.25, 0.3) is 0 Å². The molecule has 2 unspecified atom stereocenters. The minimum atomic E-state index is -0.403. The van der Waals surface area contributed by atoms with Gasteiger partial charge in [-0.05, 0) is 0 Å². The molecule has 86 valence electrons. The zero-order valence-electron chi connectivity index (χ0n) is 7.86. The highest BCUT2D eigenvalue weighted by Gasteiger charge is 2.03. The van der Waals surface area contributed by atoms with Gasteiger partial charge >= 0.3 is 0 Å². The smallest absolute Gasteiger partial charge is 0.0765 e. The quantitative estimate of drug-likeness (QED) is 0.497. The fourth-order valence-corrected chi connectivity index (χ4v) is 3.18. The van der Waals surface area contributed by atoms with Crippen molar-refractivity contribution in [2.24, 2.45) is 0 Å². The second-order valence-corrected chi connectivity index (χ2v) is 5.68. The maximum absolute atomic E-state index is 9.12. The summed E-state index contributed by atoms with van der Waals surface area (Å²) >= 11 is 14.2. The first-order valence-corrected chi connectivity index (χ1v) is 7.72. The van der Waals surface area contributed by atoms with Crippen LogP contribution in [0, 0.1) is 0 Å². The molecule has 2 atom stereocenters. The predicted octanol–water partition coefficient (Wildman–Crippen LogP) is 1.65. The maximum Gasteiger partial charge on any atom is 0.0765 e. The van der Waals surface area contributed by atoms with Gasteiger partial charge in [0.1, 0.15) is 0 Å². The average Bonchev–Trinajstić information content (AvgIpc) is 2.22. The number of rotatable bonds is 9. The van der Waals surface area contributed by atoms with Crippen LogP contribution in [-0.4, -0.2) is 57.2 Å². The monoisotopic (exact) mass is 278 g/mol. The molecule has 6 heteroatoms. The third kappa shape index (κ3) is 9.74. The molecule has 2 N–H and O–H groups in total. The van der Waals surface area contributed by atoms with Crippen LogP contribution in [0.5, 0.6) is 0 Å². The van der Waals surface area contributed by atoms with Gasteiger partial charge in [-0.2, -0.15) is 23.5 Å². The Balaban J connectivity index is 3.06. The lowest BCUT2D eigenvalue weighted by Crippen LogP contribution is -2.13. The largest absolute Gasteiger partial charge is 0.391 e. The van der Waals surface area contributed by atoms with Crippen molar-refractivity contribution in [3.05, 3.63) is 0 Å². The lowest BCUT2D eigenvalue weighted by Gasteiger charge is -2.07. The van der Waals surface area contributed by atoms with Gasteiger partial charge in [0.05, 0.1) is 12.2 Å². The van der Waals surface area contributed by atoms with E-state index in [1.807, 2.05) is 0 Å². The first-order valence-electron chi connectivity index (χ1n) is 4.34. The number of hydrogen-bond donors (Lipinski definition) is 2. The first kappa shape index (κ1) is 15.2. The first-order chi connectivity index (χ1) is 6.70. The molecule has 0 aliphatic rings. The summed E-state index contributed by atoms with van der Waals surface area (Å²) in [4.78, 5) is 0. The van der Waals surface area contributed by atoms with Crippen molar-refractivity contribution < 1.29 is 10.2 Å². The van der Waals surface area contributed by atoms with Crippen LogP contribution in [0.4, 0.5) is 0 Å². The molecule has 0 aromatic carbocycles. The molecule has 0 radical (unpaired) electrons. The molecule has 0 aromatic rings. The minimum Gasteiger partial charge on any atom is -0.391 e. The van der Waals surface area contributed by atoms with E-state index in [-0.39, 0.29) is 0 Å². The van der Waals surface area contributed by atoms with Crippen molar-refractivity contribution in [2.45, 2.75) is 12.2 Å². The van der Waals surface area contributed by atoms with E-state index in [1.165, 1.54) is 0 Å². The Morgan fingerprint density at radius 1 is 0.857 bits per heavy atom. The van der Waals surface area contributed by atoms with Gasteiger partial charge in [0.15, 0.2) is 0 Å². The van der Waals surface area contributed by atoms with Crippen LogP contribution in [0.3, 0.4) is 0 Å². The Morgan fingerprint density at radius 2 is 1.21 bits per heavy atom. The van der Waals surface area contributed by atoms with Crippen LogP contribution in [0.2, 0.25) is 0 Å². The highest BCUT2D eigenvalue weighted by atomic mass is 35.5. The number of halogens is 2. The van der Waals surface area contributed by atoms with Gasteiger partial charge in [-0.25, -0.2) is 0 Å². The molecule has 0 amide bonds. The molecule has 0 saturated carbocycles. The second kappa shape index (κ2) is 10.7. The van der Waals surface area contributed by atoms with Crippen molar-refractivity contribution in [2.75, 3.05) is 34.8 Å². The van der Waals surface area contributed by atoms with Crippen molar-refractivity contribution in [1.82, 2.24) is 0 Å². The summed E-state index contributed by atoms with van der Waals surface area (Å²) in [7, 11) is 0. The molecule has 0 rings (SSSR count). The topological polar surface area (TPSA) is 40.5 Å². The molecule has 0 fully saturated rings. The van der Waals surface area contributed by atoms with E-state index in [0.717, 1.165) is 11.5 Å². The predicted molar refractivity (Wildman–Crippen MR) is 68.1 cm³/mol. The number of alkyl halides is 2. The molecule has 14 heavy (non-hydrogen) atoms. The van der Waals surface area contributed by atoms with Crippen LogP contribution in [0.15, 0.2) is 0 Å². The van der Waals surface area contributed by atoms with Gasteiger partial charge in [-0.3, -0.25) is 0 Å². The summed E-state index contributed by atoms with van der Waals surface area (Å²) in [5, 5.41) is 18.2. The molecule has 0 aromatic heterocycles. The van der Waals surface area contributed by atoms with Gasteiger partial charge in [0, 0.05) is 34.8 Å². The molecule has 2 nitrogen and oxygen atoms in total. The SMILES string of the molecule is OC(CCl)CSCCSCC(O)CCl. The van der Waals surface area contributed by atoms with E-state index in [0.29, 0.717) is 23.3 Å². The molecule has 0 aliphatic carbocycles. The van der Waals surface area contributed by atoms with Crippen LogP contribution < -0.4 is 0 Å². The standard InChI is InChI=1S/C8H16Cl2O2S2/c9-3-7(11)5-13-1-2-14-6-8(12)4-10/h7-8,11-12H,1-6H2. The van der Waals surface area contributed by atoms with Gasteiger partial charge in [-0.1, -0.05) is 0 Å². The average molecular weight is 279 g/mol. The third-order valence-electron chi connectivity index (χ3n) is 1.35. The number of hydrogen-bond acceptors (Lipinski definition) is 4. The van der Waals surface area contributed by atoms with Crippen molar-refractivity contribution in [3.8, 4) is 0 Å². The minimum absolute atomic E-state index is 0.297. The molecule has 0 saturated heterocycles. The van der Waals surface area contributed by atoms with Gasteiger partial charge < -0.3 is 10.2 Å². The normalized spacial score (nSPS) is 15.4. The van der Waals surface area contributed by atoms with Crippen LogP contribution >= 0.6 is 46.7 Å². The van der Waals surface area contributed by atoms with E-state index >= 15 is 0 Å². The van der Waals surface area contributed by atoms with E-state index in [2.05, 4.69) is 0 Å². The summed E-state index contributed by atoms with van der Waals surface area (Å²) in [6, 6.07) is 0. The molecule has 0 heterocycles. The molecule has 0 aliphatic heterocycles. The van der Waals surface area contributed by atoms with Crippen molar-refractivity contribution >= 4 is 46.7 Å². The van der Waals surface area contributed by atoms with Crippen molar-refractivity contribution in [3.63, 3.8) is 0 Å². The number of aliphatic hydroxyl groups excluding tert-OH is 2. The second-order valence-electron chi connectivity index (χ2n) is 2.77. The molecular weight excluding hydrogens is 263 g/mol. The fraction of sp³-hybridized carbons (Fsp3) is 1.00. The van der Waals surface area contributed by atoms with E-state index in [1.54, 1.807) is 23.5 Å². The summed E-state index contributed by atoms with van der Waals surface area (Å²) in [6.07, 6.45) is -0.805. The third-order valence-corrected chi connectivity index (χ3v) is 4.55. The molecule has 0 bridgehead atoms. The fourth-order valence-electron chi connectivity index (χ4n) is 0.646. The number of aliphatic hydroxyl groups is 2. The number of thioether (sulfide) groups is 2. The van der Waals surface area contributed by atoms with E-state index in [4.69, 9.17) is 33.4 Å². The van der Waals surface area contributed by atoms with Crippen LogP contribution in [0.25, 0.3) is 0 Å². The Hall–Kier alpha value is 1.20. The van der Waals surface area contributed by atoms with Gasteiger partial charge in [0.2, 0.25) is 0 Å². The van der Waals surface area contributed by atoms with Gasteiger partial charge in [-0.15, -0.1) is 23.2 Å². The summed E-state index contributed by atoms with van der Waals surface area (Å²) < 4.78 is 0. The zero-order chi connectivity index (χ0) is 10.8. The highest BCUT2D eigenvalue weighted by molar-refractivity contribution is 8.02. The zero-order valence-corrected chi connectivity index (χ0v) is 11.0. The maximum atomic E-state index is 9.12. The molecule has 0 spiro atoms. The Morgan fingerprint density at radius 3 is 1.50 bits per heavy atom. The Kier molecular flexibility index (Phi) is 11.6. The lowest BCUT2D eigenvalue weighted by atomic mass is 10.5. The summed E-state index contributed by atoms with van der Waals surface area (Å²) in [5.74, 6) is 3.89. The summed E-state index contributed by atoms with van der Waals surface area (Å²) in [5.41, 5.74) is 0. The molecular formula is C8H16Cl2O2S2. The highest BCUT2D eigenvalue weighted by Crippen LogP contribution is 2.10. The van der Waals surface area contributed by atoms with Crippen molar-refractivity contribution in [1.29, 1.82) is 0 Å².